The summed E-state index contributed by atoms with van der Waals surface area (Å²) in [5.41, 5.74) is 0.186. The summed E-state index contributed by atoms with van der Waals surface area (Å²) in [5.74, 6) is -2.16. The van der Waals surface area contributed by atoms with E-state index >= 15 is 0 Å². The average molecular weight is 184 g/mol. The van der Waals surface area contributed by atoms with E-state index in [1.165, 1.54) is 12.2 Å². The molecule has 72 valence electrons. The first kappa shape index (κ1) is 11.4. The molecule has 2 N–H and O–H groups in total. The highest BCUT2D eigenvalue weighted by Gasteiger charge is 2.12. The van der Waals surface area contributed by atoms with E-state index in [1.807, 2.05) is 0 Å². The Morgan fingerprint density at radius 2 is 1.31 bits per heavy atom. The molecule has 0 saturated heterocycles. The quantitative estimate of drug-likeness (QED) is 0.648. The molecular weight excluding hydrogens is 172 g/mol. The van der Waals surface area contributed by atoms with Crippen LogP contribution >= 0.6 is 0 Å². The van der Waals surface area contributed by atoms with Gasteiger partial charge in [-0.2, -0.15) is 0 Å². The van der Waals surface area contributed by atoms with E-state index in [-0.39, 0.29) is 17.6 Å². The lowest BCUT2D eigenvalue weighted by Crippen LogP contribution is -2.07. The first-order valence-corrected chi connectivity index (χ1v) is 3.79. The molecule has 0 aliphatic heterocycles. The van der Waals surface area contributed by atoms with Gasteiger partial charge < -0.3 is 10.2 Å². The van der Waals surface area contributed by atoms with Gasteiger partial charge in [-0.05, 0) is 13.8 Å². The van der Waals surface area contributed by atoms with Crippen LogP contribution < -0.4 is 0 Å². The molecule has 0 saturated carbocycles. The number of carboxylic acids is 2. The summed E-state index contributed by atoms with van der Waals surface area (Å²) in [6.07, 6.45) is 2.75. The van der Waals surface area contributed by atoms with Crippen molar-refractivity contribution in [1.29, 1.82) is 0 Å². The molecule has 0 unspecified atom stereocenters. The first-order valence-electron chi connectivity index (χ1n) is 3.79. The summed E-state index contributed by atoms with van der Waals surface area (Å²) in [6, 6.07) is 0. The minimum absolute atomic E-state index is 0.0440. The fourth-order valence-corrected chi connectivity index (χ4v) is 0.807. The topological polar surface area (TPSA) is 74.6 Å². The third-order valence-corrected chi connectivity index (χ3v) is 1.63. The summed E-state index contributed by atoms with van der Waals surface area (Å²) >= 11 is 0. The van der Waals surface area contributed by atoms with E-state index in [0.717, 1.165) is 0 Å². The van der Waals surface area contributed by atoms with E-state index in [1.54, 1.807) is 13.8 Å². The molecule has 4 heteroatoms. The van der Waals surface area contributed by atoms with Gasteiger partial charge in [-0.15, -0.1) is 0 Å². The number of carboxylic acid groups (broad SMARTS) is 2. The second-order valence-corrected chi connectivity index (χ2v) is 2.41. The fourth-order valence-electron chi connectivity index (χ4n) is 0.807. The van der Waals surface area contributed by atoms with Crippen molar-refractivity contribution in [3.63, 3.8) is 0 Å². The second kappa shape index (κ2) is 5.13. The van der Waals surface area contributed by atoms with Crippen molar-refractivity contribution >= 4 is 11.9 Å². The molecule has 0 amide bonds. The lowest BCUT2D eigenvalue weighted by molar-refractivity contribution is -0.133. The summed E-state index contributed by atoms with van der Waals surface area (Å²) in [4.78, 5) is 21.0. The van der Waals surface area contributed by atoms with Gasteiger partial charge >= 0.3 is 11.9 Å². The van der Waals surface area contributed by atoms with Crippen molar-refractivity contribution in [3.05, 3.63) is 23.3 Å². The van der Waals surface area contributed by atoms with Gasteiger partial charge in [-0.3, -0.25) is 0 Å². The highest BCUT2D eigenvalue weighted by atomic mass is 16.4. The predicted octanol–water partition coefficient (Wildman–Crippen LogP) is 1.44. The van der Waals surface area contributed by atoms with Crippen LogP contribution in [0.3, 0.4) is 0 Å². The molecule has 0 radical (unpaired) electrons. The number of hydrogen-bond acceptors (Lipinski definition) is 2. The molecule has 0 rings (SSSR count). The predicted molar refractivity (Wildman–Crippen MR) is 47.4 cm³/mol. The normalized spacial score (nSPS) is 12.8. The molecule has 0 fully saturated rings. The van der Waals surface area contributed by atoms with Gasteiger partial charge in [-0.25, -0.2) is 9.59 Å². The van der Waals surface area contributed by atoms with Crippen LogP contribution in [-0.2, 0) is 9.59 Å². The maximum atomic E-state index is 10.5. The highest BCUT2D eigenvalue weighted by Crippen LogP contribution is 2.11. The van der Waals surface area contributed by atoms with Crippen LogP contribution in [0, 0.1) is 0 Å². The zero-order chi connectivity index (χ0) is 10.4. The molecule has 0 aliphatic carbocycles. The number of aliphatic carboxylic acids is 2. The monoisotopic (exact) mass is 184 g/mol. The Balaban J connectivity index is 4.59. The van der Waals surface area contributed by atoms with Crippen molar-refractivity contribution in [2.45, 2.75) is 20.3 Å². The van der Waals surface area contributed by atoms with Gasteiger partial charge in [0.1, 0.15) is 0 Å². The van der Waals surface area contributed by atoms with Crippen LogP contribution in [0.15, 0.2) is 23.3 Å². The molecule has 0 aromatic carbocycles. The Morgan fingerprint density at radius 3 is 1.46 bits per heavy atom. The second-order valence-electron chi connectivity index (χ2n) is 2.41. The van der Waals surface area contributed by atoms with E-state index in [0.29, 0.717) is 0 Å². The van der Waals surface area contributed by atoms with Crippen LogP contribution in [0.2, 0.25) is 0 Å². The molecule has 0 aromatic heterocycles. The summed E-state index contributed by atoms with van der Waals surface area (Å²) in [5, 5.41) is 17.2. The Labute approximate surface area is 76.2 Å². The molecule has 0 bridgehead atoms. The largest absolute Gasteiger partial charge is 0.478 e. The van der Waals surface area contributed by atoms with E-state index < -0.39 is 11.9 Å². The Morgan fingerprint density at radius 1 is 1.00 bits per heavy atom. The zero-order valence-electron chi connectivity index (χ0n) is 7.57. The Bertz CT molecular complexity index is 245. The Hall–Kier alpha value is -1.58. The number of carbonyl (C=O) groups is 2. The zero-order valence-corrected chi connectivity index (χ0v) is 7.57. The van der Waals surface area contributed by atoms with Crippen LogP contribution in [0.25, 0.3) is 0 Å². The molecule has 0 aliphatic rings. The molecule has 0 heterocycles. The third-order valence-electron chi connectivity index (χ3n) is 1.63. The summed E-state index contributed by atoms with van der Waals surface area (Å²) < 4.78 is 0. The summed E-state index contributed by atoms with van der Waals surface area (Å²) in [7, 11) is 0. The van der Waals surface area contributed by atoms with Crippen LogP contribution in [0.5, 0.6) is 0 Å². The van der Waals surface area contributed by atoms with Gasteiger partial charge in [0.2, 0.25) is 0 Å². The molecular formula is C9H12O4. The van der Waals surface area contributed by atoms with Crippen molar-refractivity contribution in [2.24, 2.45) is 0 Å². The number of allylic oxidation sites excluding steroid dienone is 2. The number of hydrogen-bond donors (Lipinski definition) is 2. The lowest BCUT2D eigenvalue weighted by Gasteiger charge is -2.01. The van der Waals surface area contributed by atoms with Gasteiger partial charge in [0.25, 0.3) is 0 Å². The first-order chi connectivity index (χ1) is 6.02. The molecule has 0 spiro atoms. The summed E-state index contributed by atoms with van der Waals surface area (Å²) in [6.45, 7) is 3.14. The Kier molecular flexibility index (Phi) is 4.51. The SMILES string of the molecule is CC=C(CC(=CC)C(=O)O)C(=O)O. The van der Waals surface area contributed by atoms with E-state index in [2.05, 4.69) is 0 Å². The van der Waals surface area contributed by atoms with Crippen LogP contribution in [0.1, 0.15) is 20.3 Å². The van der Waals surface area contributed by atoms with Gasteiger partial charge in [-0.1, -0.05) is 12.2 Å². The van der Waals surface area contributed by atoms with E-state index in [9.17, 15) is 9.59 Å². The van der Waals surface area contributed by atoms with Crippen molar-refractivity contribution in [1.82, 2.24) is 0 Å². The van der Waals surface area contributed by atoms with Crippen molar-refractivity contribution in [2.75, 3.05) is 0 Å². The van der Waals surface area contributed by atoms with Crippen LogP contribution in [-0.4, -0.2) is 22.2 Å². The third kappa shape index (κ3) is 3.55. The van der Waals surface area contributed by atoms with Crippen molar-refractivity contribution in [3.8, 4) is 0 Å². The maximum absolute atomic E-state index is 10.5. The minimum Gasteiger partial charge on any atom is -0.478 e. The van der Waals surface area contributed by atoms with Crippen molar-refractivity contribution < 1.29 is 19.8 Å². The average Bonchev–Trinajstić information content (AvgIpc) is 2.05. The minimum atomic E-state index is -1.08. The number of rotatable bonds is 4. The smallest absolute Gasteiger partial charge is 0.331 e. The van der Waals surface area contributed by atoms with Gasteiger partial charge in [0.05, 0.1) is 0 Å². The van der Waals surface area contributed by atoms with Crippen LogP contribution in [0.4, 0.5) is 0 Å². The van der Waals surface area contributed by atoms with Gasteiger partial charge in [0, 0.05) is 17.6 Å². The maximum Gasteiger partial charge on any atom is 0.331 e. The molecule has 13 heavy (non-hydrogen) atoms. The molecule has 0 atom stereocenters. The van der Waals surface area contributed by atoms with Gasteiger partial charge in [0.15, 0.2) is 0 Å². The fraction of sp³-hybridized carbons (Fsp3) is 0.333. The molecule has 4 nitrogen and oxygen atoms in total. The van der Waals surface area contributed by atoms with E-state index in [4.69, 9.17) is 10.2 Å². The molecule has 0 aromatic rings. The standard InChI is InChI=1S/C9H12O4/c1-3-6(8(10)11)5-7(4-2)9(12)13/h3-4H,5H2,1-2H3,(H,10,11)(H,12,13). The lowest BCUT2D eigenvalue weighted by atomic mass is 10.1. The highest BCUT2D eigenvalue weighted by molar-refractivity contribution is 5.92.